The summed E-state index contributed by atoms with van der Waals surface area (Å²) in [5, 5.41) is 6.23. The highest BCUT2D eigenvalue weighted by Gasteiger charge is 2.32. The molecule has 1 aliphatic carbocycles. The minimum atomic E-state index is -0.359. The van der Waals surface area contributed by atoms with Crippen LogP contribution < -0.4 is 0 Å². The summed E-state index contributed by atoms with van der Waals surface area (Å²) >= 11 is 0. The van der Waals surface area contributed by atoms with Gasteiger partial charge >= 0.3 is 5.97 Å². The largest absolute Gasteiger partial charge is 0.465 e. The third-order valence-corrected chi connectivity index (χ3v) is 9.77. The fourth-order valence-corrected chi connectivity index (χ4v) is 6.11. The van der Waals surface area contributed by atoms with Crippen LogP contribution in [0.3, 0.4) is 0 Å². The molecule has 2 radical (unpaired) electrons. The number of aromatic nitrogens is 3. The number of methoxy groups -OCH3 is 1. The fraction of sp³-hybridized carbons (Fsp3) is 0.586. The summed E-state index contributed by atoms with van der Waals surface area (Å²) in [6, 6.07) is 10.2. The maximum absolute atomic E-state index is 12.3. The summed E-state index contributed by atoms with van der Waals surface area (Å²) < 4.78 is 21.6. The van der Waals surface area contributed by atoms with Crippen molar-refractivity contribution in [1.29, 1.82) is 0 Å². The van der Waals surface area contributed by atoms with Crippen LogP contribution in [0.25, 0.3) is 22.3 Å². The summed E-state index contributed by atoms with van der Waals surface area (Å²) in [4.78, 5) is 12.3. The van der Waals surface area contributed by atoms with Gasteiger partial charge in [-0.15, -0.1) is 0 Å². The van der Waals surface area contributed by atoms with E-state index in [9.17, 15) is 4.79 Å². The Labute approximate surface area is 230 Å². The van der Waals surface area contributed by atoms with E-state index in [4.69, 9.17) is 19.3 Å². The van der Waals surface area contributed by atoms with E-state index < -0.39 is 0 Å². The second kappa shape index (κ2) is 12.3. The molecule has 1 aliphatic rings. The Morgan fingerprint density at radius 2 is 1.71 bits per heavy atom. The van der Waals surface area contributed by atoms with E-state index in [1.54, 1.807) is 0 Å². The number of carbonyl (C=O) groups is 1. The number of nitrogens with zero attached hydrogens (tertiary/aromatic N) is 3. The molecule has 2 aromatic heterocycles. The number of carbonyl (C=O) groups excluding carboxylic acids is 1. The molecule has 0 bridgehead atoms. The molecular formula is C29H43N3O4Si2. The van der Waals surface area contributed by atoms with Crippen molar-refractivity contribution in [3.05, 3.63) is 41.1 Å². The predicted molar refractivity (Wildman–Crippen MR) is 157 cm³/mol. The van der Waals surface area contributed by atoms with Crippen LogP contribution in [0.2, 0.25) is 38.3 Å². The van der Waals surface area contributed by atoms with Crippen molar-refractivity contribution >= 4 is 34.5 Å². The monoisotopic (exact) mass is 553 g/mol. The Morgan fingerprint density at radius 1 is 1.03 bits per heavy atom. The van der Waals surface area contributed by atoms with Gasteiger partial charge in [-0.1, -0.05) is 46.1 Å². The van der Waals surface area contributed by atoms with Gasteiger partial charge in [-0.05, 0) is 55.0 Å². The smallest absolute Gasteiger partial charge is 0.337 e. The Kier molecular flexibility index (Phi) is 9.33. The molecule has 0 N–H and O–H groups in total. The number of benzene rings is 1. The number of hydrogen-bond donors (Lipinski definition) is 0. The molecule has 38 heavy (non-hydrogen) atoms. The maximum atomic E-state index is 12.3. The molecule has 7 nitrogen and oxygen atoms in total. The van der Waals surface area contributed by atoms with Crippen LogP contribution in [-0.2, 0) is 40.5 Å². The average molecular weight is 554 g/mol. The van der Waals surface area contributed by atoms with Gasteiger partial charge in [0.25, 0.3) is 0 Å². The third-order valence-electron chi connectivity index (χ3n) is 7.36. The van der Waals surface area contributed by atoms with Crippen LogP contribution >= 0.6 is 0 Å². The van der Waals surface area contributed by atoms with Crippen molar-refractivity contribution in [2.45, 2.75) is 84.8 Å². The van der Waals surface area contributed by atoms with E-state index >= 15 is 0 Å². The van der Waals surface area contributed by atoms with Crippen LogP contribution in [0, 0.1) is 5.41 Å². The van der Waals surface area contributed by atoms with Crippen molar-refractivity contribution in [3.63, 3.8) is 0 Å². The SMILES string of the molecule is COC(=O)c1ccc2cc(-c3nn(COCC[Si](C)C)c4c3CCC(C)(C)C4)n(COCC[Si](C)C)c2c1. The van der Waals surface area contributed by atoms with Gasteiger partial charge in [0.05, 0.1) is 23.9 Å². The molecule has 0 spiro atoms. The Bertz CT molecular complexity index is 1260. The van der Waals surface area contributed by atoms with Crippen LogP contribution in [0.1, 0.15) is 41.9 Å². The highest BCUT2D eigenvalue weighted by Crippen LogP contribution is 2.40. The van der Waals surface area contributed by atoms with Crippen molar-refractivity contribution < 1.29 is 19.0 Å². The van der Waals surface area contributed by atoms with Gasteiger partial charge < -0.3 is 18.8 Å². The molecule has 0 amide bonds. The first-order valence-corrected chi connectivity index (χ1v) is 19.0. The Balaban J connectivity index is 1.76. The van der Waals surface area contributed by atoms with E-state index in [0.29, 0.717) is 19.0 Å². The Hall–Kier alpha value is -2.21. The molecule has 0 fully saturated rings. The maximum Gasteiger partial charge on any atom is 0.337 e. The number of ether oxygens (including phenoxy) is 3. The summed E-state index contributed by atoms with van der Waals surface area (Å²) in [5.41, 5.74) is 6.36. The molecule has 0 unspecified atom stereocenters. The van der Waals surface area contributed by atoms with Crippen LogP contribution in [0.15, 0.2) is 24.3 Å². The zero-order valence-electron chi connectivity index (χ0n) is 24.1. The number of hydrogen-bond acceptors (Lipinski definition) is 5. The van der Waals surface area contributed by atoms with Gasteiger partial charge in [0.15, 0.2) is 0 Å². The average Bonchev–Trinajstić information content (AvgIpc) is 3.40. The molecule has 9 heteroatoms. The molecule has 0 saturated carbocycles. The van der Waals surface area contributed by atoms with Crippen molar-refractivity contribution in [2.24, 2.45) is 5.41 Å². The summed E-state index contributed by atoms with van der Waals surface area (Å²) in [6.07, 6.45) is 3.09. The molecule has 206 valence electrons. The van der Waals surface area contributed by atoms with Gasteiger partial charge in [-0.2, -0.15) is 5.10 Å². The second-order valence-electron chi connectivity index (χ2n) is 11.8. The molecule has 1 aromatic carbocycles. The first-order valence-electron chi connectivity index (χ1n) is 13.6. The summed E-state index contributed by atoms with van der Waals surface area (Å²) in [7, 11) is 0.746. The van der Waals surface area contributed by atoms with E-state index in [-0.39, 0.29) is 29.0 Å². The second-order valence-corrected chi connectivity index (χ2v) is 17.7. The zero-order chi connectivity index (χ0) is 27.4. The standard InChI is InChI=1S/C29H43N3O4Si2/c1-29(2)11-10-23-26(18-29)32(20-36-13-15-38(6)7)30-27(23)25-16-21-8-9-22(28(33)34-3)17-24(21)31(25)19-35-12-14-37(4)5/h8-9,16-17H,10-15,18-20H2,1-7H3. The van der Waals surface area contributed by atoms with Crippen molar-refractivity contribution in [3.8, 4) is 11.4 Å². The van der Waals surface area contributed by atoms with Crippen LogP contribution in [-0.4, -0.2) is 58.2 Å². The number of fused-ring (bicyclic) bond motifs is 2. The van der Waals surface area contributed by atoms with E-state index in [2.05, 4.69) is 55.4 Å². The van der Waals surface area contributed by atoms with Crippen molar-refractivity contribution in [1.82, 2.24) is 14.3 Å². The lowest BCUT2D eigenvalue weighted by atomic mass is 9.76. The van der Waals surface area contributed by atoms with Gasteiger partial charge in [-0.3, -0.25) is 0 Å². The highest BCUT2D eigenvalue weighted by molar-refractivity contribution is 6.56. The highest BCUT2D eigenvalue weighted by atomic mass is 28.3. The van der Waals surface area contributed by atoms with E-state index in [1.165, 1.54) is 18.4 Å². The normalized spacial score (nSPS) is 15.0. The molecule has 2 heterocycles. The Morgan fingerprint density at radius 3 is 2.37 bits per heavy atom. The third kappa shape index (κ3) is 6.67. The lowest BCUT2D eigenvalue weighted by Crippen LogP contribution is -2.24. The molecule has 0 aliphatic heterocycles. The molecule has 3 aromatic rings. The number of rotatable bonds is 12. The number of esters is 1. The molecule has 0 atom stereocenters. The first kappa shape index (κ1) is 28.8. The minimum absolute atomic E-state index is 0.232. The van der Waals surface area contributed by atoms with Crippen LogP contribution in [0.5, 0.6) is 0 Å². The zero-order valence-corrected chi connectivity index (χ0v) is 26.1. The topological polar surface area (TPSA) is 67.5 Å². The van der Waals surface area contributed by atoms with Crippen molar-refractivity contribution in [2.75, 3.05) is 20.3 Å². The summed E-state index contributed by atoms with van der Waals surface area (Å²) in [6.45, 7) is 16.3. The minimum Gasteiger partial charge on any atom is -0.465 e. The molecule has 4 rings (SSSR count). The predicted octanol–water partition coefficient (Wildman–Crippen LogP) is 6.26. The van der Waals surface area contributed by atoms with Crippen LogP contribution in [0.4, 0.5) is 0 Å². The quantitative estimate of drug-likeness (QED) is 0.150. The van der Waals surface area contributed by atoms with Gasteiger partial charge in [0, 0.05) is 47.5 Å². The van der Waals surface area contributed by atoms with E-state index in [0.717, 1.165) is 66.9 Å². The van der Waals surface area contributed by atoms with Gasteiger partial charge in [-0.25, -0.2) is 9.48 Å². The van der Waals surface area contributed by atoms with E-state index in [1.807, 2.05) is 18.2 Å². The van der Waals surface area contributed by atoms with Gasteiger partial charge in [0.2, 0.25) is 0 Å². The summed E-state index contributed by atoms with van der Waals surface area (Å²) in [5.74, 6) is -0.337. The van der Waals surface area contributed by atoms with Gasteiger partial charge in [0.1, 0.15) is 19.2 Å². The fourth-order valence-electron chi connectivity index (χ4n) is 5.01. The lowest BCUT2D eigenvalue weighted by molar-refractivity contribution is 0.0600. The molecule has 0 saturated heterocycles. The lowest BCUT2D eigenvalue weighted by Gasteiger charge is -2.30. The first-order chi connectivity index (χ1) is 18.1. The molecular weight excluding hydrogens is 511 g/mol.